The van der Waals surface area contributed by atoms with E-state index in [4.69, 9.17) is 15.2 Å². The highest BCUT2D eigenvalue weighted by atomic mass is 32.2. The number of thiazole rings is 1. The Labute approximate surface area is 196 Å². The SMILES string of the molecule is C=CC1=C(C(=O)OC(C)C(=O)OCC)N2C(=O)C(NC(=O)/C(=N\O)c3csc(N)n3)[C@H]2SC1. The van der Waals surface area contributed by atoms with Gasteiger partial charge in [-0.25, -0.2) is 14.6 Å². The van der Waals surface area contributed by atoms with Gasteiger partial charge in [-0.2, -0.15) is 0 Å². The molecule has 2 aliphatic rings. The summed E-state index contributed by atoms with van der Waals surface area (Å²) < 4.78 is 10.0. The molecule has 3 heterocycles. The lowest BCUT2D eigenvalue weighted by molar-refractivity contribution is -0.166. The zero-order valence-corrected chi connectivity index (χ0v) is 19.3. The first-order valence-corrected chi connectivity index (χ1v) is 11.6. The van der Waals surface area contributed by atoms with E-state index in [2.05, 4.69) is 22.0 Å². The molecule has 2 aliphatic heterocycles. The maximum absolute atomic E-state index is 12.9. The number of thioether (sulfide) groups is 1. The summed E-state index contributed by atoms with van der Waals surface area (Å²) in [5, 5.41) is 15.7. The molecule has 0 aromatic carbocycles. The fraction of sp³-hybridized carbons (Fsp3) is 0.368. The summed E-state index contributed by atoms with van der Waals surface area (Å²) in [6.45, 7) is 6.78. The number of ether oxygens (including phenoxy) is 2. The Morgan fingerprint density at radius 1 is 1.52 bits per heavy atom. The van der Waals surface area contributed by atoms with Crippen molar-refractivity contribution in [1.82, 2.24) is 15.2 Å². The van der Waals surface area contributed by atoms with Crippen molar-refractivity contribution in [2.45, 2.75) is 31.4 Å². The van der Waals surface area contributed by atoms with E-state index in [9.17, 15) is 24.4 Å². The van der Waals surface area contributed by atoms with E-state index in [1.165, 1.54) is 35.0 Å². The minimum Gasteiger partial charge on any atom is -0.463 e. The Balaban J connectivity index is 1.75. The smallest absolute Gasteiger partial charge is 0.356 e. The molecule has 4 N–H and O–H groups in total. The molecule has 0 aliphatic carbocycles. The number of fused-ring (bicyclic) bond motifs is 1. The van der Waals surface area contributed by atoms with Gasteiger partial charge >= 0.3 is 11.9 Å². The maximum atomic E-state index is 12.9. The van der Waals surface area contributed by atoms with Crippen LogP contribution in [0.2, 0.25) is 0 Å². The molecule has 3 rings (SSSR count). The van der Waals surface area contributed by atoms with Gasteiger partial charge in [-0.1, -0.05) is 17.8 Å². The Morgan fingerprint density at radius 2 is 2.24 bits per heavy atom. The van der Waals surface area contributed by atoms with Crippen LogP contribution in [0.3, 0.4) is 0 Å². The highest BCUT2D eigenvalue weighted by Gasteiger charge is 2.54. The van der Waals surface area contributed by atoms with E-state index in [1.54, 1.807) is 6.92 Å². The minimum absolute atomic E-state index is 0.0521. The zero-order chi connectivity index (χ0) is 24.3. The lowest BCUT2D eigenvalue weighted by Gasteiger charge is -2.49. The number of rotatable bonds is 8. The van der Waals surface area contributed by atoms with E-state index in [0.717, 1.165) is 11.3 Å². The molecular formula is C19H21N5O7S2. The van der Waals surface area contributed by atoms with Crippen LogP contribution in [0.5, 0.6) is 0 Å². The highest BCUT2D eigenvalue weighted by molar-refractivity contribution is 8.00. The third-order valence-electron chi connectivity index (χ3n) is 4.71. The van der Waals surface area contributed by atoms with Crippen LogP contribution >= 0.6 is 23.1 Å². The summed E-state index contributed by atoms with van der Waals surface area (Å²) in [5.74, 6) is -2.70. The van der Waals surface area contributed by atoms with Crippen molar-refractivity contribution in [3.63, 3.8) is 0 Å². The van der Waals surface area contributed by atoms with Crippen LogP contribution in [0.4, 0.5) is 5.13 Å². The first kappa shape index (κ1) is 24.3. The standard InChI is InChI=1S/C19H21N5O7S2/c1-4-9-6-32-16-12(22-14(25)11(23-29)10-7-33-19(20)21-10)15(26)24(16)13(9)18(28)31-8(3)17(27)30-5-2/h4,7-8,12,16,29H,1,5-6H2,2-3H3,(H2,20,21)(H,22,25)/b23-11-/t8?,12?,16-/m1/s1. The van der Waals surface area contributed by atoms with Crippen LogP contribution < -0.4 is 11.1 Å². The Hall–Kier alpha value is -3.39. The third kappa shape index (κ3) is 4.71. The topological polar surface area (TPSA) is 174 Å². The van der Waals surface area contributed by atoms with Gasteiger partial charge in [-0.3, -0.25) is 14.5 Å². The molecule has 1 aromatic rings. The Kier molecular flexibility index (Phi) is 7.38. The lowest BCUT2D eigenvalue weighted by atomic mass is 10.0. The number of oxime groups is 1. The fourth-order valence-corrected chi connectivity index (χ4v) is 5.02. The Bertz CT molecular complexity index is 1070. The molecule has 0 radical (unpaired) electrons. The number of hydrogen-bond donors (Lipinski definition) is 3. The number of nitrogens with one attached hydrogen (secondary N) is 1. The number of esters is 2. The summed E-state index contributed by atoms with van der Waals surface area (Å²) in [5.41, 5.74) is 5.60. The monoisotopic (exact) mass is 495 g/mol. The summed E-state index contributed by atoms with van der Waals surface area (Å²) in [7, 11) is 0. The summed E-state index contributed by atoms with van der Waals surface area (Å²) >= 11 is 2.35. The summed E-state index contributed by atoms with van der Waals surface area (Å²) in [6.07, 6.45) is 0.252. The number of nitrogen functional groups attached to an aromatic ring is 1. The van der Waals surface area contributed by atoms with Crippen LogP contribution in [-0.2, 0) is 28.7 Å². The molecule has 176 valence electrons. The Morgan fingerprint density at radius 3 is 2.82 bits per heavy atom. The summed E-state index contributed by atoms with van der Waals surface area (Å²) in [4.78, 5) is 55.2. The molecule has 14 heteroatoms. The number of aromatic nitrogens is 1. The number of carbonyl (C=O) groups is 4. The predicted octanol–water partition coefficient (Wildman–Crippen LogP) is 0.238. The average molecular weight is 496 g/mol. The minimum atomic E-state index is -1.18. The molecule has 2 amide bonds. The molecule has 0 spiro atoms. The first-order valence-electron chi connectivity index (χ1n) is 9.65. The van der Waals surface area contributed by atoms with E-state index < -0.39 is 47.0 Å². The second-order valence-corrected chi connectivity index (χ2v) is 8.75. The van der Waals surface area contributed by atoms with E-state index in [-0.39, 0.29) is 23.1 Å². The largest absolute Gasteiger partial charge is 0.463 e. The quantitative estimate of drug-likeness (QED) is 0.149. The van der Waals surface area contributed by atoms with E-state index in [0.29, 0.717) is 11.3 Å². The molecule has 33 heavy (non-hydrogen) atoms. The van der Waals surface area contributed by atoms with E-state index >= 15 is 0 Å². The van der Waals surface area contributed by atoms with Crippen molar-refractivity contribution in [1.29, 1.82) is 0 Å². The molecule has 12 nitrogen and oxygen atoms in total. The number of amides is 2. The van der Waals surface area contributed by atoms with Crippen LogP contribution in [0, 0.1) is 0 Å². The highest BCUT2D eigenvalue weighted by Crippen LogP contribution is 2.41. The van der Waals surface area contributed by atoms with E-state index in [1.807, 2.05) is 0 Å². The van der Waals surface area contributed by atoms with Crippen molar-refractivity contribution in [3.8, 4) is 0 Å². The second-order valence-electron chi connectivity index (χ2n) is 6.76. The van der Waals surface area contributed by atoms with Gasteiger partial charge in [0.2, 0.25) is 0 Å². The van der Waals surface area contributed by atoms with Gasteiger partial charge in [-0.15, -0.1) is 23.1 Å². The fourth-order valence-electron chi connectivity index (χ4n) is 3.13. The van der Waals surface area contributed by atoms with Gasteiger partial charge in [0.25, 0.3) is 11.8 Å². The molecular weight excluding hydrogens is 474 g/mol. The zero-order valence-electron chi connectivity index (χ0n) is 17.6. The van der Waals surface area contributed by atoms with Gasteiger partial charge in [-0.05, 0) is 19.4 Å². The van der Waals surface area contributed by atoms with Crippen molar-refractivity contribution in [3.05, 3.63) is 35.0 Å². The van der Waals surface area contributed by atoms with Crippen LogP contribution in [0.1, 0.15) is 19.5 Å². The van der Waals surface area contributed by atoms with Crippen molar-refractivity contribution < 1.29 is 33.9 Å². The van der Waals surface area contributed by atoms with Gasteiger partial charge in [0.1, 0.15) is 22.8 Å². The average Bonchev–Trinajstić information content (AvgIpc) is 3.22. The number of β-lactam (4-membered cyclic amide) rings is 1. The van der Waals surface area contributed by atoms with Crippen molar-refractivity contribution in [2.24, 2.45) is 5.16 Å². The molecule has 0 saturated carbocycles. The maximum Gasteiger partial charge on any atom is 0.356 e. The molecule has 2 unspecified atom stereocenters. The van der Waals surface area contributed by atoms with Gasteiger partial charge in [0, 0.05) is 11.1 Å². The number of anilines is 1. The van der Waals surface area contributed by atoms with Gasteiger partial charge in [0.05, 0.1) is 6.61 Å². The molecule has 1 aromatic heterocycles. The molecule has 0 bridgehead atoms. The van der Waals surface area contributed by atoms with Crippen LogP contribution in [0.25, 0.3) is 0 Å². The van der Waals surface area contributed by atoms with Crippen LogP contribution in [-0.4, -0.2) is 74.4 Å². The van der Waals surface area contributed by atoms with Gasteiger partial charge in [0.15, 0.2) is 16.9 Å². The predicted molar refractivity (Wildman–Crippen MR) is 119 cm³/mol. The number of allylic oxidation sites excluding steroid dienone is 1. The number of nitrogens with two attached hydrogens (primary N) is 1. The molecule has 1 fully saturated rings. The van der Waals surface area contributed by atoms with Crippen molar-refractivity contribution >= 4 is 57.7 Å². The number of carbonyl (C=O) groups excluding carboxylic acids is 4. The number of nitrogens with zero attached hydrogens (tertiary/aromatic N) is 3. The number of hydrogen-bond acceptors (Lipinski definition) is 12. The van der Waals surface area contributed by atoms with Gasteiger partial charge < -0.3 is 25.7 Å². The molecule has 1 saturated heterocycles. The third-order valence-corrected chi connectivity index (χ3v) is 6.68. The van der Waals surface area contributed by atoms with Crippen molar-refractivity contribution in [2.75, 3.05) is 18.1 Å². The lowest BCUT2D eigenvalue weighted by Crippen LogP contribution is -2.71. The normalized spacial score (nSPS) is 21.0. The second kappa shape index (κ2) is 10.0. The molecule has 3 atom stereocenters. The summed E-state index contributed by atoms with van der Waals surface area (Å²) in [6, 6.07) is -0.994. The first-order chi connectivity index (χ1) is 15.7. The van der Waals surface area contributed by atoms with Crippen LogP contribution in [0.15, 0.2) is 34.5 Å².